The molecule has 1 atom stereocenters. The van der Waals surface area contributed by atoms with Crippen molar-refractivity contribution < 1.29 is 19.4 Å². The highest BCUT2D eigenvalue weighted by atomic mass is 16.7. The van der Waals surface area contributed by atoms with Gasteiger partial charge in [-0.3, -0.25) is 4.79 Å². The average Bonchev–Trinajstić information content (AvgIpc) is 3.24. The minimum Gasteiger partial charge on any atom is -0.454 e. The molecule has 6 heteroatoms. The standard InChI is InChI=1S/C18H24N2O4/c21-17(14-4-5-15-16(10-14)24-13-23-15)20-9-3-6-18(22,12-20)11-19-7-1-2-8-19/h4-5,10,22H,1-3,6-9,11-13H2. The van der Waals surface area contributed by atoms with E-state index < -0.39 is 5.60 Å². The highest BCUT2D eigenvalue weighted by Gasteiger charge is 2.37. The van der Waals surface area contributed by atoms with Crippen molar-refractivity contribution in [3.05, 3.63) is 23.8 Å². The van der Waals surface area contributed by atoms with Crippen molar-refractivity contribution in [2.75, 3.05) is 39.5 Å². The molecule has 3 aliphatic heterocycles. The summed E-state index contributed by atoms with van der Waals surface area (Å²) < 4.78 is 10.7. The summed E-state index contributed by atoms with van der Waals surface area (Å²) in [5, 5.41) is 11.0. The number of fused-ring (bicyclic) bond motifs is 1. The second-order valence-corrected chi connectivity index (χ2v) is 7.11. The Morgan fingerprint density at radius 2 is 1.92 bits per heavy atom. The number of β-amino-alcohol motifs (C(OH)–C–C–N with tert-alkyl or cyclic N) is 1. The number of nitrogens with zero attached hydrogens (tertiary/aromatic N) is 2. The molecule has 1 unspecified atom stereocenters. The smallest absolute Gasteiger partial charge is 0.254 e. The van der Waals surface area contributed by atoms with Crippen LogP contribution in [0.25, 0.3) is 0 Å². The maximum atomic E-state index is 12.8. The van der Waals surface area contributed by atoms with Crippen LogP contribution in [0.5, 0.6) is 11.5 Å². The number of rotatable bonds is 3. The van der Waals surface area contributed by atoms with Gasteiger partial charge in [0.15, 0.2) is 11.5 Å². The first-order chi connectivity index (χ1) is 11.6. The van der Waals surface area contributed by atoms with E-state index in [0.717, 1.165) is 25.9 Å². The lowest BCUT2D eigenvalue weighted by Crippen LogP contribution is -2.55. The van der Waals surface area contributed by atoms with Crippen LogP contribution in [0, 0.1) is 0 Å². The number of ether oxygens (including phenoxy) is 2. The first kappa shape index (κ1) is 15.7. The molecule has 3 aliphatic rings. The lowest BCUT2D eigenvalue weighted by molar-refractivity contribution is -0.0431. The van der Waals surface area contributed by atoms with E-state index in [-0.39, 0.29) is 12.7 Å². The van der Waals surface area contributed by atoms with E-state index in [4.69, 9.17) is 9.47 Å². The van der Waals surface area contributed by atoms with Crippen LogP contribution in [-0.4, -0.2) is 65.9 Å². The lowest BCUT2D eigenvalue weighted by Gasteiger charge is -2.41. The van der Waals surface area contributed by atoms with Crippen molar-refractivity contribution in [2.45, 2.75) is 31.3 Å². The van der Waals surface area contributed by atoms with Gasteiger partial charge in [-0.2, -0.15) is 0 Å². The van der Waals surface area contributed by atoms with Crippen LogP contribution < -0.4 is 9.47 Å². The number of carbonyl (C=O) groups excluding carboxylic acids is 1. The molecule has 0 aromatic heterocycles. The fourth-order valence-electron chi connectivity index (χ4n) is 3.98. The Morgan fingerprint density at radius 3 is 2.75 bits per heavy atom. The number of benzene rings is 1. The second-order valence-electron chi connectivity index (χ2n) is 7.11. The highest BCUT2D eigenvalue weighted by molar-refractivity contribution is 5.95. The van der Waals surface area contributed by atoms with Gasteiger partial charge in [0.1, 0.15) is 0 Å². The van der Waals surface area contributed by atoms with E-state index in [1.807, 2.05) is 0 Å². The Balaban J connectivity index is 1.46. The van der Waals surface area contributed by atoms with Crippen LogP contribution in [0.2, 0.25) is 0 Å². The zero-order valence-corrected chi connectivity index (χ0v) is 13.9. The third kappa shape index (κ3) is 3.08. The summed E-state index contributed by atoms with van der Waals surface area (Å²) in [7, 11) is 0. The van der Waals surface area contributed by atoms with Gasteiger partial charge in [-0.1, -0.05) is 0 Å². The summed E-state index contributed by atoms with van der Waals surface area (Å²) in [6.07, 6.45) is 4.00. The molecule has 2 saturated heterocycles. The highest BCUT2D eigenvalue weighted by Crippen LogP contribution is 2.33. The molecule has 4 rings (SSSR count). The summed E-state index contributed by atoms with van der Waals surface area (Å²) in [5.74, 6) is 1.24. The van der Waals surface area contributed by atoms with E-state index in [9.17, 15) is 9.90 Å². The largest absolute Gasteiger partial charge is 0.454 e. The number of carbonyl (C=O) groups is 1. The number of hydrogen-bond acceptors (Lipinski definition) is 5. The number of piperidine rings is 1. The van der Waals surface area contributed by atoms with Crippen molar-refractivity contribution in [1.82, 2.24) is 9.80 Å². The van der Waals surface area contributed by atoms with Gasteiger partial charge in [0.25, 0.3) is 5.91 Å². The first-order valence-electron chi connectivity index (χ1n) is 8.77. The first-order valence-corrected chi connectivity index (χ1v) is 8.77. The Hall–Kier alpha value is -1.79. The molecule has 1 amide bonds. The van der Waals surface area contributed by atoms with Crippen molar-refractivity contribution in [3.63, 3.8) is 0 Å². The Bertz CT molecular complexity index is 629. The van der Waals surface area contributed by atoms with Crippen LogP contribution in [0.3, 0.4) is 0 Å². The molecule has 1 aromatic rings. The van der Waals surface area contributed by atoms with Gasteiger partial charge in [-0.15, -0.1) is 0 Å². The van der Waals surface area contributed by atoms with Crippen molar-refractivity contribution in [2.24, 2.45) is 0 Å². The molecule has 0 spiro atoms. The molecular weight excluding hydrogens is 308 g/mol. The maximum Gasteiger partial charge on any atom is 0.254 e. The molecule has 0 radical (unpaired) electrons. The molecule has 2 fully saturated rings. The summed E-state index contributed by atoms with van der Waals surface area (Å²) in [6, 6.07) is 5.28. The minimum absolute atomic E-state index is 0.0483. The summed E-state index contributed by atoms with van der Waals surface area (Å²) in [4.78, 5) is 16.9. The summed E-state index contributed by atoms with van der Waals surface area (Å²) in [6.45, 7) is 4.06. The van der Waals surface area contributed by atoms with Gasteiger partial charge in [0.2, 0.25) is 6.79 Å². The minimum atomic E-state index is -0.797. The third-order valence-electron chi connectivity index (χ3n) is 5.18. The molecule has 3 heterocycles. The Labute approximate surface area is 141 Å². The summed E-state index contributed by atoms with van der Waals surface area (Å²) in [5.41, 5.74) is -0.209. The molecule has 0 bridgehead atoms. The van der Waals surface area contributed by atoms with Crippen molar-refractivity contribution in [3.8, 4) is 11.5 Å². The van der Waals surface area contributed by atoms with Gasteiger partial charge >= 0.3 is 0 Å². The molecule has 0 saturated carbocycles. The predicted molar refractivity (Wildman–Crippen MR) is 88.3 cm³/mol. The molecule has 130 valence electrons. The van der Waals surface area contributed by atoms with Crippen LogP contribution in [0.4, 0.5) is 0 Å². The topological polar surface area (TPSA) is 62.2 Å². The fraction of sp³-hybridized carbons (Fsp3) is 0.611. The molecule has 24 heavy (non-hydrogen) atoms. The number of hydrogen-bond donors (Lipinski definition) is 1. The van der Waals surface area contributed by atoms with Crippen LogP contribution in [0.15, 0.2) is 18.2 Å². The van der Waals surface area contributed by atoms with E-state index in [0.29, 0.717) is 36.7 Å². The monoisotopic (exact) mass is 332 g/mol. The fourth-order valence-corrected chi connectivity index (χ4v) is 3.98. The van der Waals surface area contributed by atoms with E-state index in [2.05, 4.69) is 4.90 Å². The number of aliphatic hydroxyl groups is 1. The zero-order chi connectivity index (χ0) is 16.6. The second kappa shape index (κ2) is 6.26. The lowest BCUT2D eigenvalue weighted by atomic mass is 9.91. The third-order valence-corrected chi connectivity index (χ3v) is 5.18. The Kier molecular flexibility index (Phi) is 4.10. The number of likely N-dealkylation sites (tertiary alicyclic amines) is 2. The molecule has 0 aliphatic carbocycles. The zero-order valence-electron chi connectivity index (χ0n) is 13.9. The molecule has 6 nitrogen and oxygen atoms in total. The SMILES string of the molecule is O=C(c1ccc2c(c1)OCO2)N1CCCC(O)(CN2CCCC2)C1. The quantitative estimate of drug-likeness (QED) is 0.908. The normalized spacial score (nSPS) is 26.8. The van der Waals surface area contributed by atoms with Gasteiger partial charge in [0, 0.05) is 18.7 Å². The van der Waals surface area contributed by atoms with Crippen LogP contribution in [-0.2, 0) is 0 Å². The van der Waals surface area contributed by atoms with Crippen molar-refractivity contribution >= 4 is 5.91 Å². The van der Waals surface area contributed by atoms with Crippen LogP contribution in [0.1, 0.15) is 36.0 Å². The van der Waals surface area contributed by atoms with Gasteiger partial charge in [0.05, 0.1) is 12.1 Å². The molecular formula is C18H24N2O4. The van der Waals surface area contributed by atoms with Crippen LogP contribution >= 0.6 is 0 Å². The van der Waals surface area contributed by atoms with E-state index in [1.54, 1.807) is 23.1 Å². The van der Waals surface area contributed by atoms with Gasteiger partial charge in [-0.25, -0.2) is 0 Å². The number of amides is 1. The van der Waals surface area contributed by atoms with E-state index in [1.165, 1.54) is 12.8 Å². The average molecular weight is 332 g/mol. The predicted octanol–water partition coefficient (Wildman–Crippen LogP) is 1.48. The molecule has 1 N–H and O–H groups in total. The molecule has 1 aromatic carbocycles. The van der Waals surface area contributed by atoms with Crippen molar-refractivity contribution in [1.29, 1.82) is 0 Å². The van der Waals surface area contributed by atoms with Gasteiger partial charge in [-0.05, 0) is 57.0 Å². The Morgan fingerprint density at radius 1 is 1.12 bits per heavy atom. The maximum absolute atomic E-state index is 12.8. The summed E-state index contributed by atoms with van der Waals surface area (Å²) >= 11 is 0. The van der Waals surface area contributed by atoms with E-state index >= 15 is 0 Å². The van der Waals surface area contributed by atoms with Gasteiger partial charge < -0.3 is 24.4 Å².